The molecule has 1 aromatic rings. The van der Waals surface area contributed by atoms with Gasteiger partial charge in [0.25, 0.3) is 0 Å². The average Bonchev–Trinajstić information content (AvgIpc) is 2.55. The Morgan fingerprint density at radius 2 is 2.04 bits per heavy atom. The fourth-order valence-corrected chi connectivity index (χ4v) is 2.96. The van der Waals surface area contributed by atoms with E-state index in [1.165, 1.54) is 11.9 Å². The third-order valence-corrected chi connectivity index (χ3v) is 4.78. The fraction of sp³-hybridized carbons (Fsp3) is 0.529. The number of amides is 1. The van der Waals surface area contributed by atoms with Gasteiger partial charge in [0.2, 0.25) is 0 Å². The molecule has 0 aliphatic carbocycles. The number of rotatable bonds is 4. The predicted molar refractivity (Wildman–Crippen MR) is 86.1 cm³/mol. The van der Waals surface area contributed by atoms with E-state index in [9.17, 15) is 14.7 Å². The molecule has 0 saturated carbocycles. The largest absolute Gasteiger partial charge is 0.479 e. The molecular weight excluding hydrogens is 296 g/mol. The molecule has 1 fully saturated rings. The summed E-state index contributed by atoms with van der Waals surface area (Å²) in [7, 11) is 3.48. The van der Waals surface area contributed by atoms with Crippen LogP contribution in [-0.4, -0.2) is 59.2 Å². The highest BCUT2D eigenvalue weighted by atomic mass is 16.6. The molecule has 6 heteroatoms. The highest BCUT2D eigenvalue weighted by Crippen LogP contribution is 2.32. The van der Waals surface area contributed by atoms with Crippen LogP contribution in [0.5, 0.6) is 0 Å². The minimum atomic E-state index is -1.21. The number of carbonyl (C=O) groups excluding carboxylic acids is 1. The lowest BCUT2D eigenvalue weighted by Gasteiger charge is -2.45. The number of aliphatic carboxylic acids is 1. The van der Waals surface area contributed by atoms with Gasteiger partial charge in [-0.2, -0.15) is 0 Å². The zero-order valence-electron chi connectivity index (χ0n) is 13.9. The second-order valence-corrected chi connectivity index (χ2v) is 6.22. The summed E-state index contributed by atoms with van der Waals surface area (Å²) in [6, 6.07) is 9.42. The van der Waals surface area contributed by atoms with E-state index in [-0.39, 0.29) is 12.6 Å². The van der Waals surface area contributed by atoms with Gasteiger partial charge in [-0.1, -0.05) is 30.3 Å². The number of carboxylic acid groups (broad SMARTS) is 1. The van der Waals surface area contributed by atoms with Gasteiger partial charge < -0.3 is 14.7 Å². The van der Waals surface area contributed by atoms with E-state index < -0.39 is 17.6 Å². The number of hydrogen-bond donors (Lipinski definition) is 1. The zero-order valence-corrected chi connectivity index (χ0v) is 13.9. The summed E-state index contributed by atoms with van der Waals surface area (Å²) >= 11 is 0. The van der Waals surface area contributed by atoms with Crippen LogP contribution >= 0.6 is 0 Å². The number of carboxylic acids is 1. The smallest absolute Gasteiger partial charge is 0.410 e. The number of likely N-dealkylation sites (tertiary alicyclic amines) is 1. The topological polar surface area (TPSA) is 70.1 Å². The van der Waals surface area contributed by atoms with Crippen LogP contribution in [-0.2, 0) is 16.1 Å². The molecule has 2 unspecified atom stereocenters. The number of ether oxygens (including phenoxy) is 1. The van der Waals surface area contributed by atoms with Crippen molar-refractivity contribution in [3.8, 4) is 0 Å². The molecule has 2 rings (SSSR count). The molecule has 2 atom stereocenters. The second kappa shape index (κ2) is 7.00. The summed E-state index contributed by atoms with van der Waals surface area (Å²) in [5.74, 6) is -0.975. The Bertz CT molecular complexity index is 563. The van der Waals surface area contributed by atoms with Crippen LogP contribution in [0.25, 0.3) is 0 Å². The zero-order chi connectivity index (χ0) is 17.0. The molecule has 0 aromatic heterocycles. The molecule has 1 aliphatic rings. The summed E-state index contributed by atoms with van der Waals surface area (Å²) < 4.78 is 5.29. The van der Waals surface area contributed by atoms with Gasteiger partial charge in [-0.25, -0.2) is 9.59 Å². The van der Waals surface area contributed by atoms with E-state index in [1.54, 1.807) is 0 Å². The Morgan fingerprint density at radius 1 is 1.39 bits per heavy atom. The van der Waals surface area contributed by atoms with Gasteiger partial charge in [-0.15, -0.1) is 0 Å². The molecule has 126 valence electrons. The molecule has 1 aromatic carbocycles. The Morgan fingerprint density at radius 3 is 2.61 bits per heavy atom. The first kappa shape index (κ1) is 17.3. The van der Waals surface area contributed by atoms with Crippen molar-refractivity contribution >= 4 is 12.1 Å². The van der Waals surface area contributed by atoms with Gasteiger partial charge in [0, 0.05) is 19.6 Å². The summed E-state index contributed by atoms with van der Waals surface area (Å²) in [6.07, 6.45) is 0.170. The molecular formula is C17H24N2O4. The van der Waals surface area contributed by atoms with Crippen LogP contribution in [0, 0.1) is 0 Å². The minimum Gasteiger partial charge on any atom is -0.479 e. The van der Waals surface area contributed by atoms with Gasteiger partial charge in [0.1, 0.15) is 12.1 Å². The normalized spacial score (nSPS) is 24.9. The molecule has 1 amide bonds. The predicted octanol–water partition coefficient (Wildman–Crippen LogP) is 2.19. The number of likely N-dealkylation sites (N-methyl/N-ethyl adjacent to an activating group) is 1. The van der Waals surface area contributed by atoms with Gasteiger partial charge in [-0.05, 0) is 32.4 Å². The van der Waals surface area contributed by atoms with Crippen molar-refractivity contribution < 1.29 is 19.4 Å². The molecule has 6 nitrogen and oxygen atoms in total. The summed E-state index contributed by atoms with van der Waals surface area (Å²) in [4.78, 5) is 27.6. The molecule has 23 heavy (non-hydrogen) atoms. The SMILES string of the molecule is CC1CC(C(=O)O)(N(C)C(=O)OCc2ccccc2)CCN1C. The number of piperidine rings is 1. The van der Waals surface area contributed by atoms with Gasteiger partial charge >= 0.3 is 12.1 Å². The second-order valence-electron chi connectivity index (χ2n) is 6.22. The Labute approximate surface area is 136 Å². The first-order chi connectivity index (χ1) is 10.9. The Balaban J connectivity index is 2.07. The summed E-state index contributed by atoms with van der Waals surface area (Å²) in [5.41, 5.74) is -0.338. The molecule has 1 N–H and O–H groups in total. The third kappa shape index (κ3) is 3.64. The quantitative estimate of drug-likeness (QED) is 0.921. The van der Waals surface area contributed by atoms with Crippen LogP contribution in [0.2, 0.25) is 0 Å². The maximum Gasteiger partial charge on any atom is 0.410 e. The molecule has 1 heterocycles. The average molecular weight is 320 g/mol. The van der Waals surface area contributed by atoms with Gasteiger partial charge in [0.15, 0.2) is 0 Å². The van der Waals surface area contributed by atoms with Gasteiger partial charge in [-0.3, -0.25) is 4.90 Å². The number of hydrogen-bond acceptors (Lipinski definition) is 4. The molecule has 0 radical (unpaired) electrons. The van der Waals surface area contributed by atoms with Crippen molar-refractivity contribution in [2.75, 3.05) is 20.6 Å². The third-order valence-electron chi connectivity index (χ3n) is 4.78. The van der Waals surface area contributed by atoms with Crippen molar-refractivity contribution in [3.63, 3.8) is 0 Å². The maximum absolute atomic E-state index is 12.3. The van der Waals surface area contributed by atoms with Crippen LogP contribution in [0.3, 0.4) is 0 Å². The monoisotopic (exact) mass is 320 g/mol. The number of nitrogens with zero attached hydrogens (tertiary/aromatic N) is 2. The van der Waals surface area contributed by atoms with Crippen molar-refractivity contribution in [2.45, 2.75) is 38.0 Å². The Kier molecular flexibility index (Phi) is 5.26. The van der Waals surface area contributed by atoms with Crippen molar-refractivity contribution in [2.24, 2.45) is 0 Å². The number of carbonyl (C=O) groups is 2. The molecule has 1 saturated heterocycles. The highest BCUT2D eigenvalue weighted by molar-refractivity contribution is 5.84. The highest BCUT2D eigenvalue weighted by Gasteiger charge is 2.49. The van der Waals surface area contributed by atoms with Crippen molar-refractivity contribution in [1.82, 2.24) is 9.80 Å². The van der Waals surface area contributed by atoms with E-state index >= 15 is 0 Å². The maximum atomic E-state index is 12.3. The van der Waals surface area contributed by atoms with Gasteiger partial charge in [0.05, 0.1) is 0 Å². The molecule has 0 bridgehead atoms. The number of benzene rings is 1. The summed E-state index contributed by atoms with van der Waals surface area (Å²) in [6.45, 7) is 2.74. The van der Waals surface area contributed by atoms with E-state index in [0.717, 1.165) is 5.56 Å². The first-order valence-electron chi connectivity index (χ1n) is 7.75. The van der Waals surface area contributed by atoms with E-state index in [4.69, 9.17) is 4.74 Å². The first-order valence-corrected chi connectivity index (χ1v) is 7.75. The molecule has 1 aliphatic heterocycles. The lowest BCUT2D eigenvalue weighted by atomic mass is 9.82. The fourth-order valence-electron chi connectivity index (χ4n) is 2.96. The van der Waals surface area contributed by atoms with E-state index in [2.05, 4.69) is 4.90 Å². The summed E-state index contributed by atoms with van der Waals surface area (Å²) in [5, 5.41) is 9.73. The van der Waals surface area contributed by atoms with Crippen LogP contribution < -0.4 is 0 Å². The Hall–Kier alpha value is -2.08. The van der Waals surface area contributed by atoms with Crippen molar-refractivity contribution in [1.29, 1.82) is 0 Å². The van der Waals surface area contributed by atoms with Crippen LogP contribution in [0.1, 0.15) is 25.3 Å². The standard InChI is InChI=1S/C17H24N2O4/c1-13-11-17(15(20)21,9-10-18(13)2)19(3)16(22)23-12-14-7-5-4-6-8-14/h4-8,13H,9-12H2,1-3H3,(H,20,21). The van der Waals surface area contributed by atoms with E-state index in [0.29, 0.717) is 19.4 Å². The van der Waals surface area contributed by atoms with Crippen LogP contribution in [0.4, 0.5) is 4.79 Å². The molecule has 0 spiro atoms. The van der Waals surface area contributed by atoms with Crippen LogP contribution in [0.15, 0.2) is 30.3 Å². The lowest BCUT2D eigenvalue weighted by Crippen LogP contribution is -2.62. The van der Waals surface area contributed by atoms with Crippen molar-refractivity contribution in [3.05, 3.63) is 35.9 Å². The minimum absolute atomic E-state index is 0.0872. The van der Waals surface area contributed by atoms with E-state index in [1.807, 2.05) is 44.3 Å². The lowest BCUT2D eigenvalue weighted by molar-refractivity contribution is -0.154.